The van der Waals surface area contributed by atoms with Gasteiger partial charge < -0.3 is 25.2 Å². The van der Waals surface area contributed by atoms with E-state index in [1.807, 2.05) is 67.5 Å². The number of hydrogen-bond donors (Lipinski definition) is 2. The molecule has 1 fully saturated rings. The molecule has 6 heteroatoms. The van der Waals surface area contributed by atoms with Crippen molar-refractivity contribution < 1.29 is 9.53 Å². The lowest BCUT2D eigenvalue weighted by Gasteiger charge is -2.36. The van der Waals surface area contributed by atoms with Crippen LogP contribution in [0.5, 0.6) is 0 Å². The third-order valence-corrected chi connectivity index (χ3v) is 4.82. The molecule has 0 radical (unpaired) electrons. The van der Waals surface area contributed by atoms with Crippen LogP contribution in [0.15, 0.2) is 48.5 Å². The molecule has 2 N–H and O–H groups in total. The van der Waals surface area contributed by atoms with Gasteiger partial charge in [0.25, 0.3) is 0 Å². The van der Waals surface area contributed by atoms with Gasteiger partial charge in [-0.25, -0.2) is 4.79 Å². The molecule has 0 bridgehead atoms. The van der Waals surface area contributed by atoms with Crippen LogP contribution in [-0.2, 0) is 11.3 Å². The average Bonchev–Trinajstić information content (AvgIpc) is 2.66. The summed E-state index contributed by atoms with van der Waals surface area (Å²) >= 11 is 0. The first kappa shape index (κ1) is 20.0. The lowest BCUT2D eigenvalue weighted by molar-refractivity contribution is -0.00521. The van der Waals surface area contributed by atoms with Crippen LogP contribution in [-0.4, -0.2) is 45.4 Å². The topological polar surface area (TPSA) is 56.8 Å². The van der Waals surface area contributed by atoms with Crippen LogP contribution >= 0.6 is 0 Å². The third kappa shape index (κ3) is 5.39. The van der Waals surface area contributed by atoms with Crippen LogP contribution in [0, 0.1) is 0 Å². The van der Waals surface area contributed by atoms with Crippen molar-refractivity contribution in [1.29, 1.82) is 0 Å². The fraction of sp³-hybridized carbons (Fsp3) is 0.409. The van der Waals surface area contributed by atoms with Gasteiger partial charge in [-0.3, -0.25) is 0 Å². The number of ether oxygens (including phenoxy) is 1. The first-order chi connectivity index (χ1) is 13.4. The van der Waals surface area contributed by atoms with Crippen LogP contribution in [0.25, 0.3) is 0 Å². The number of carbonyl (C=O) groups is 1. The van der Waals surface area contributed by atoms with Crippen molar-refractivity contribution in [3.05, 3.63) is 54.1 Å². The number of nitrogens with zero attached hydrogens (tertiary/aromatic N) is 2. The van der Waals surface area contributed by atoms with Crippen molar-refractivity contribution in [2.24, 2.45) is 0 Å². The van der Waals surface area contributed by atoms with Gasteiger partial charge in [-0.1, -0.05) is 12.1 Å². The maximum absolute atomic E-state index is 12.2. The lowest BCUT2D eigenvalue weighted by atomic mass is 10.2. The minimum atomic E-state index is -0.210. The minimum Gasteiger partial charge on any atom is -0.378 e. The molecular formula is C22H30N4O2. The summed E-state index contributed by atoms with van der Waals surface area (Å²) in [4.78, 5) is 16.5. The van der Waals surface area contributed by atoms with Crippen molar-refractivity contribution in [3.8, 4) is 0 Å². The van der Waals surface area contributed by atoms with Crippen LogP contribution in [0.2, 0.25) is 0 Å². The highest BCUT2D eigenvalue weighted by Crippen LogP contribution is 2.22. The van der Waals surface area contributed by atoms with Gasteiger partial charge in [0.2, 0.25) is 0 Å². The highest BCUT2D eigenvalue weighted by Gasteiger charge is 2.22. The highest BCUT2D eigenvalue weighted by atomic mass is 16.5. The predicted octanol–water partition coefficient (Wildman–Crippen LogP) is 3.69. The van der Waals surface area contributed by atoms with Gasteiger partial charge in [0, 0.05) is 50.8 Å². The van der Waals surface area contributed by atoms with Gasteiger partial charge in [0.1, 0.15) is 0 Å². The van der Waals surface area contributed by atoms with Crippen LogP contribution < -0.4 is 20.4 Å². The van der Waals surface area contributed by atoms with E-state index in [4.69, 9.17) is 4.74 Å². The summed E-state index contributed by atoms with van der Waals surface area (Å²) in [5.41, 5.74) is 4.12. The van der Waals surface area contributed by atoms with Crippen LogP contribution in [0.1, 0.15) is 19.4 Å². The zero-order valence-electron chi connectivity index (χ0n) is 17.1. The van der Waals surface area contributed by atoms with E-state index in [0.717, 1.165) is 35.7 Å². The van der Waals surface area contributed by atoms with Crippen molar-refractivity contribution in [2.45, 2.75) is 32.6 Å². The summed E-state index contributed by atoms with van der Waals surface area (Å²) in [5.74, 6) is 0. The van der Waals surface area contributed by atoms with Crippen molar-refractivity contribution in [2.75, 3.05) is 42.3 Å². The number of urea groups is 1. The normalized spacial score (nSPS) is 19.2. The Bertz CT molecular complexity index is 764. The number of rotatable bonds is 5. The summed E-state index contributed by atoms with van der Waals surface area (Å²) in [6, 6.07) is 15.9. The maximum atomic E-state index is 12.2. The van der Waals surface area contributed by atoms with E-state index < -0.39 is 0 Å². The first-order valence-electron chi connectivity index (χ1n) is 9.72. The third-order valence-electron chi connectivity index (χ3n) is 4.82. The van der Waals surface area contributed by atoms with E-state index in [1.54, 1.807) is 0 Å². The number of amides is 2. The quantitative estimate of drug-likeness (QED) is 0.828. The van der Waals surface area contributed by atoms with Gasteiger partial charge in [-0.05, 0) is 55.8 Å². The largest absolute Gasteiger partial charge is 0.378 e. The van der Waals surface area contributed by atoms with Crippen molar-refractivity contribution in [1.82, 2.24) is 5.32 Å². The molecule has 2 amide bonds. The second-order valence-electron chi connectivity index (χ2n) is 7.58. The Morgan fingerprint density at radius 1 is 1.04 bits per heavy atom. The van der Waals surface area contributed by atoms with Crippen LogP contribution in [0.3, 0.4) is 0 Å². The first-order valence-corrected chi connectivity index (χ1v) is 9.72. The van der Waals surface area contributed by atoms with E-state index in [9.17, 15) is 4.79 Å². The molecule has 2 aromatic rings. The van der Waals surface area contributed by atoms with Gasteiger partial charge >= 0.3 is 6.03 Å². The van der Waals surface area contributed by atoms with Gasteiger partial charge in [0.05, 0.1) is 12.2 Å². The average molecular weight is 383 g/mol. The zero-order valence-corrected chi connectivity index (χ0v) is 17.1. The molecule has 0 spiro atoms. The molecule has 1 aliphatic heterocycles. The van der Waals surface area contributed by atoms with Gasteiger partial charge in [-0.2, -0.15) is 0 Å². The van der Waals surface area contributed by atoms with Crippen LogP contribution in [0.4, 0.5) is 21.9 Å². The Balaban J connectivity index is 1.50. The smallest absolute Gasteiger partial charge is 0.319 e. The standard InChI is InChI=1S/C22H30N4O2/c1-16-14-26(15-17(2)28-16)21-11-7-19(8-12-21)24-22(27)23-13-18-5-9-20(10-6-18)25(3)4/h5-12,16-17H,13-15H2,1-4H3,(H2,23,24,27). The number of nitrogens with one attached hydrogen (secondary N) is 2. The number of anilines is 3. The summed E-state index contributed by atoms with van der Waals surface area (Å²) in [7, 11) is 4.01. The van der Waals surface area contributed by atoms with Gasteiger partial charge in [0.15, 0.2) is 0 Å². The summed E-state index contributed by atoms with van der Waals surface area (Å²) in [5, 5.41) is 5.78. The summed E-state index contributed by atoms with van der Waals surface area (Å²) in [6.07, 6.45) is 0.443. The molecule has 2 unspecified atom stereocenters. The van der Waals surface area contributed by atoms with E-state index in [-0.39, 0.29) is 18.2 Å². The Kier molecular flexibility index (Phi) is 6.41. The number of morpholine rings is 1. The van der Waals surface area contributed by atoms with E-state index in [2.05, 4.69) is 29.4 Å². The molecule has 0 aromatic heterocycles. The molecule has 0 saturated carbocycles. The predicted molar refractivity (Wildman–Crippen MR) is 115 cm³/mol. The molecule has 150 valence electrons. The number of benzene rings is 2. The highest BCUT2D eigenvalue weighted by molar-refractivity contribution is 5.89. The zero-order chi connectivity index (χ0) is 20.1. The minimum absolute atomic E-state index is 0.210. The molecule has 28 heavy (non-hydrogen) atoms. The molecule has 1 aliphatic rings. The van der Waals surface area contributed by atoms with Crippen molar-refractivity contribution >= 4 is 23.1 Å². The summed E-state index contributed by atoms with van der Waals surface area (Å²) in [6.45, 7) is 6.43. The van der Waals surface area contributed by atoms with E-state index >= 15 is 0 Å². The molecule has 2 atom stereocenters. The fourth-order valence-electron chi connectivity index (χ4n) is 3.41. The number of hydrogen-bond acceptors (Lipinski definition) is 4. The molecular weight excluding hydrogens is 352 g/mol. The molecule has 6 nitrogen and oxygen atoms in total. The van der Waals surface area contributed by atoms with Crippen molar-refractivity contribution in [3.63, 3.8) is 0 Å². The Morgan fingerprint density at radius 3 is 2.21 bits per heavy atom. The molecule has 1 saturated heterocycles. The second kappa shape index (κ2) is 8.97. The number of carbonyl (C=O) groups excluding carboxylic acids is 1. The molecule has 3 rings (SSSR count). The fourth-order valence-corrected chi connectivity index (χ4v) is 3.41. The van der Waals surface area contributed by atoms with E-state index in [0.29, 0.717) is 6.54 Å². The Morgan fingerprint density at radius 2 is 1.64 bits per heavy atom. The Labute approximate surface area is 167 Å². The maximum Gasteiger partial charge on any atom is 0.319 e. The van der Waals surface area contributed by atoms with E-state index in [1.165, 1.54) is 0 Å². The monoisotopic (exact) mass is 382 g/mol. The van der Waals surface area contributed by atoms with Gasteiger partial charge in [-0.15, -0.1) is 0 Å². The second-order valence-corrected chi connectivity index (χ2v) is 7.58. The Hall–Kier alpha value is -2.73. The molecule has 1 heterocycles. The lowest BCUT2D eigenvalue weighted by Crippen LogP contribution is -2.45. The SMILES string of the molecule is CC1CN(c2ccc(NC(=O)NCc3ccc(N(C)C)cc3)cc2)CC(C)O1. The molecule has 2 aromatic carbocycles. The summed E-state index contributed by atoms with van der Waals surface area (Å²) < 4.78 is 5.79. The molecule has 0 aliphatic carbocycles.